The Bertz CT molecular complexity index is 421. The molecule has 77 valence electrons. The van der Waals surface area contributed by atoms with Crippen molar-refractivity contribution in [1.82, 2.24) is 0 Å². The van der Waals surface area contributed by atoms with Gasteiger partial charge in [0.1, 0.15) is 5.82 Å². The topological polar surface area (TPSA) is 0 Å². The fourth-order valence-electron chi connectivity index (χ4n) is 1.91. The molecule has 1 heteroatoms. The Kier molecular flexibility index (Phi) is 2.72. The van der Waals surface area contributed by atoms with E-state index in [1.807, 2.05) is 12.1 Å². The number of benzene rings is 1. The van der Waals surface area contributed by atoms with Crippen molar-refractivity contribution >= 4 is 5.57 Å². The summed E-state index contributed by atoms with van der Waals surface area (Å²) in [6.07, 6.45) is 5.39. The molecule has 0 saturated heterocycles. The van der Waals surface area contributed by atoms with Gasteiger partial charge < -0.3 is 0 Å². The van der Waals surface area contributed by atoms with Gasteiger partial charge in [-0.25, -0.2) is 4.39 Å². The lowest BCUT2D eigenvalue weighted by molar-refractivity contribution is 0.627. The minimum Gasteiger partial charge on any atom is -0.207 e. The molecule has 0 N–H and O–H groups in total. The van der Waals surface area contributed by atoms with Crippen LogP contribution < -0.4 is 0 Å². The molecule has 0 amide bonds. The van der Waals surface area contributed by atoms with Gasteiger partial charge in [-0.1, -0.05) is 23.8 Å². The van der Waals surface area contributed by atoms with Gasteiger partial charge in [0.25, 0.3) is 0 Å². The summed E-state index contributed by atoms with van der Waals surface area (Å²) in [6.45, 7) is 4.22. The molecule has 1 aromatic carbocycles. The predicted molar refractivity (Wildman–Crippen MR) is 61.7 cm³/mol. The minimum atomic E-state index is -0.181. The summed E-state index contributed by atoms with van der Waals surface area (Å²) in [5.74, 6) is -0.181. The van der Waals surface area contributed by atoms with Crippen molar-refractivity contribution in [2.45, 2.75) is 20.3 Å². The maximum absolute atomic E-state index is 12.8. The third-order valence-corrected chi connectivity index (χ3v) is 2.67. The van der Waals surface area contributed by atoms with Gasteiger partial charge in [-0.3, -0.25) is 0 Å². The van der Waals surface area contributed by atoms with E-state index >= 15 is 0 Å². The lowest BCUT2D eigenvalue weighted by atomic mass is 9.89. The average molecular weight is 201 g/mol. The minimum absolute atomic E-state index is 0.181. The van der Waals surface area contributed by atoms with Crippen LogP contribution in [0, 0.1) is 12.2 Å². The third kappa shape index (κ3) is 2.17. The molecule has 1 aromatic rings. The molecule has 0 unspecified atom stereocenters. The monoisotopic (exact) mass is 201 g/mol. The highest BCUT2D eigenvalue weighted by atomic mass is 19.1. The van der Waals surface area contributed by atoms with Gasteiger partial charge in [0.05, 0.1) is 0 Å². The molecular weight excluding hydrogens is 187 g/mol. The Balaban J connectivity index is 2.39. The lowest BCUT2D eigenvalue weighted by Crippen LogP contribution is -1.96. The molecular formula is C14H14F. The Labute approximate surface area is 90.1 Å². The van der Waals surface area contributed by atoms with Crippen molar-refractivity contribution in [3.63, 3.8) is 0 Å². The van der Waals surface area contributed by atoms with E-state index in [0.29, 0.717) is 0 Å². The van der Waals surface area contributed by atoms with Crippen molar-refractivity contribution in [2.24, 2.45) is 0 Å². The van der Waals surface area contributed by atoms with E-state index in [9.17, 15) is 4.39 Å². The second-order valence-electron chi connectivity index (χ2n) is 4.00. The summed E-state index contributed by atoms with van der Waals surface area (Å²) in [7, 11) is 0. The van der Waals surface area contributed by atoms with Gasteiger partial charge in [-0.15, -0.1) is 0 Å². The van der Waals surface area contributed by atoms with Crippen LogP contribution in [-0.4, -0.2) is 0 Å². The lowest BCUT2D eigenvalue weighted by Gasteiger charge is -2.16. The highest BCUT2D eigenvalue weighted by molar-refractivity contribution is 5.77. The first-order chi connectivity index (χ1) is 7.16. The smallest absolute Gasteiger partial charge is 0.123 e. The van der Waals surface area contributed by atoms with Crippen molar-refractivity contribution in [3.8, 4) is 0 Å². The molecule has 0 bridgehead atoms. The first kappa shape index (κ1) is 10.2. The number of hydrogen-bond acceptors (Lipinski definition) is 0. The molecule has 1 aliphatic carbocycles. The quantitative estimate of drug-likeness (QED) is 0.640. The summed E-state index contributed by atoms with van der Waals surface area (Å²) in [6, 6.07) is 6.68. The molecule has 0 spiro atoms. The highest BCUT2D eigenvalue weighted by Crippen LogP contribution is 2.30. The first-order valence-electron chi connectivity index (χ1n) is 5.14. The molecule has 0 heterocycles. The maximum atomic E-state index is 12.8. The Morgan fingerprint density at radius 3 is 2.33 bits per heavy atom. The number of halogens is 1. The van der Waals surface area contributed by atoms with Gasteiger partial charge in [-0.2, -0.15) is 0 Å². The number of rotatable bonds is 1. The Morgan fingerprint density at radius 1 is 1.07 bits per heavy atom. The summed E-state index contributed by atoms with van der Waals surface area (Å²) in [5, 5.41) is 0. The highest BCUT2D eigenvalue weighted by Gasteiger charge is 2.10. The van der Waals surface area contributed by atoms with Crippen molar-refractivity contribution < 1.29 is 4.39 Å². The molecule has 0 nitrogen and oxygen atoms in total. The summed E-state index contributed by atoms with van der Waals surface area (Å²) >= 11 is 0. The molecule has 0 aromatic heterocycles. The van der Waals surface area contributed by atoms with Gasteiger partial charge in [0.2, 0.25) is 0 Å². The zero-order valence-electron chi connectivity index (χ0n) is 9.05. The molecule has 0 atom stereocenters. The molecule has 0 fully saturated rings. The van der Waals surface area contributed by atoms with Crippen molar-refractivity contribution in [2.75, 3.05) is 0 Å². The SMILES string of the molecule is CC1=CC(C)=C(c2ccc(F)cc2)[CH]C1. The first-order valence-corrected chi connectivity index (χ1v) is 5.14. The predicted octanol–water partition coefficient (Wildman–Crippen LogP) is 4.15. The van der Waals surface area contributed by atoms with E-state index in [0.717, 1.165) is 12.0 Å². The normalized spacial score (nSPS) is 16.6. The van der Waals surface area contributed by atoms with Crippen LogP contribution in [0.25, 0.3) is 5.57 Å². The van der Waals surface area contributed by atoms with Crippen LogP contribution in [0.5, 0.6) is 0 Å². The summed E-state index contributed by atoms with van der Waals surface area (Å²) in [4.78, 5) is 0. The van der Waals surface area contributed by atoms with Crippen LogP contribution in [-0.2, 0) is 0 Å². The van der Waals surface area contributed by atoms with Gasteiger partial charge in [-0.05, 0) is 55.5 Å². The van der Waals surface area contributed by atoms with E-state index < -0.39 is 0 Å². The fourth-order valence-corrected chi connectivity index (χ4v) is 1.91. The summed E-state index contributed by atoms with van der Waals surface area (Å²) in [5.41, 5.74) is 4.95. The Hall–Kier alpha value is -1.37. The fraction of sp³-hybridized carbons (Fsp3) is 0.214. The standard InChI is InChI=1S/C14H14F/c1-10-3-8-14(11(2)9-10)12-4-6-13(15)7-5-12/h4-9H,3H2,1-2H3. The van der Waals surface area contributed by atoms with Crippen LogP contribution in [0.15, 0.2) is 41.5 Å². The largest absolute Gasteiger partial charge is 0.207 e. The molecule has 1 radical (unpaired) electrons. The van der Waals surface area contributed by atoms with E-state index in [-0.39, 0.29) is 5.82 Å². The zero-order chi connectivity index (χ0) is 10.8. The third-order valence-electron chi connectivity index (χ3n) is 2.67. The van der Waals surface area contributed by atoms with Gasteiger partial charge in [0.15, 0.2) is 0 Å². The second-order valence-corrected chi connectivity index (χ2v) is 4.00. The van der Waals surface area contributed by atoms with Crippen LogP contribution in [0.4, 0.5) is 4.39 Å². The average Bonchev–Trinajstić information content (AvgIpc) is 2.20. The van der Waals surface area contributed by atoms with Gasteiger partial charge in [0, 0.05) is 0 Å². The molecule has 0 aliphatic heterocycles. The van der Waals surface area contributed by atoms with E-state index in [2.05, 4.69) is 26.3 Å². The molecule has 2 rings (SSSR count). The van der Waals surface area contributed by atoms with E-state index in [1.165, 1.54) is 28.9 Å². The van der Waals surface area contributed by atoms with E-state index in [4.69, 9.17) is 0 Å². The molecule has 0 saturated carbocycles. The maximum Gasteiger partial charge on any atom is 0.123 e. The Morgan fingerprint density at radius 2 is 1.73 bits per heavy atom. The van der Waals surface area contributed by atoms with Crippen LogP contribution >= 0.6 is 0 Å². The zero-order valence-corrected chi connectivity index (χ0v) is 9.05. The van der Waals surface area contributed by atoms with Crippen molar-refractivity contribution in [3.05, 3.63) is 59.3 Å². The van der Waals surface area contributed by atoms with Crippen molar-refractivity contribution in [1.29, 1.82) is 0 Å². The molecule has 1 aliphatic rings. The van der Waals surface area contributed by atoms with Gasteiger partial charge >= 0.3 is 0 Å². The number of allylic oxidation sites excluding steroid dienone is 4. The second kappa shape index (κ2) is 4.01. The summed E-state index contributed by atoms with van der Waals surface area (Å²) < 4.78 is 12.8. The van der Waals surface area contributed by atoms with Crippen LogP contribution in [0.2, 0.25) is 0 Å². The van der Waals surface area contributed by atoms with Crippen LogP contribution in [0.3, 0.4) is 0 Å². The number of hydrogen-bond donors (Lipinski definition) is 0. The molecule has 15 heavy (non-hydrogen) atoms. The van der Waals surface area contributed by atoms with Crippen LogP contribution in [0.1, 0.15) is 25.8 Å². The van der Waals surface area contributed by atoms with E-state index in [1.54, 1.807) is 0 Å².